The van der Waals surface area contributed by atoms with Crippen LogP contribution in [0.1, 0.15) is 50.8 Å². The molecule has 21 heavy (non-hydrogen) atoms. The first kappa shape index (κ1) is 18.0. The molecule has 0 bridgehead atoms. The standard InChI is InChI=1S/C16H24F3NO/c1-4-11(2)8-12(3)20-10-15(21)13-6-5-7-14(9-13)16(17,18)19/h5-7,9,11-12,15,20-21H,4,8,10H2,1-3H3. The summed E-state index contributed by atoms with van der Waals surface area (Å²) in [6.07, 6.45) is -3.26. The molecule has 0 aliphatic rings. The lowest BCUT2D eigenvalue weighted by molar-refractivity contribution is -0.137. The lowest BCUT2D eigenvalue weighted by atomic mass is 10.00. The van der Waals surface area contributed by atoms with Gasteiger partial charge in [0.05, 0.1) is 11.7 Å². The highest BCUT2D eigenvalue weighted by molar-refractivity contribution is 5.27. The van der Waals surface area contributed by atoms with Crippen molar-refractivity contribution >= 4 is 0 Å². The highest BCUT2D eigenvalue weighted by Crippen LogP contribution is 2.30. The van der Waals surface area contributed by atoms with Crippen LogP contribution < -0.4 is 5.32 Å². The summed E-state index contributed by atoms with van der Waals surface area (Å²) in [5.41, 5.74) is -0.445. The van der Waals surface area contributed by atoms with E-state index < -0.39 is 17.8 Å². The Balaban J connectivity index is 2.58. The minimum Gasteiger partial charge on any atom is -0.387 e. The van der Waals surface area contributed by atoms with Gasteiger partial charge in [-0.3, -0.25) is 0 Å². The third-order valence-electron chi connectivity index (χ3n) is 3.71. The van der Waals surface area contributed by atoms with Crippen LogP contribution in [0.5, 0.6) is 0 Å². The zero-order valence-corrected chi connectivity index (χ0v) is 12.7. The van der Waals surface area contributed by atoms with Crippen molar-refractivity contribution in [2.75, 3.05) is 6.54 Å². The molecule has 0 aromatic heterocycles. The molecule has 1 aromatic carbocycles. The van der Waals surface area contributed by atoms with Crippen molar-refractivity contribution in [2.45, 2.75) is 51.9 Å². The molecule has 2 nitrogen and oxygen atoms in total. The Morgan fingerprint density at radius 3 is 2.48 bits per heavy atom. The van der Waals surface area contributed by atoms with Crippen molar-refractivity contribution in [2.24, 2.45) is 5.92 Å². The lowest BCUT2D eigenvalue weighted by Gasteiger charge is -2.20. The Bertz CT molecular complexity index is 434. The molecule has 3 atom stereocenters. The number of alkyl halides is 3. The van der Waals surface area contributed by atoms with Gasteiger partial charge in [0.2, 0.25) is 0 Å². The predicted molar refractivity (Wildman–Crippen MR) is 77.9 cm³/mol. The summed E-state index contributed by atoms with van der Waals surface area (Å²) < 4.78 is 37.9. The molecule has 3 unspecified atom stereocenters. The maximum Gasteiger partial charge on any atom is 0.416 e. The summed E-state index contributed by atoms with van der Waals surface area (Å²) in [7, 11) is 0. The molecule has 0 aliphatic heterocycles. The fourth-order valence-corrected chi connectivity index (χ4v) is 2.21. The highest BCUT2D eigenvalue weighted by atomic mass is 19.4. The van der Waals surface area contributed by atoms with E-state index >= 15 is 0 Å². The van der Waals surface area contributed by atoms with E-state index in [2.05, 4.69) is 19.2 Å². The zero-order valence-electron chi connectivity index (χ0n) is 12.7. The van der Waals surface area contributed by atoms with Crippen LogP contribution in [0, 0.1) is 5.92 Å². The molecule has 0 heterocycles. The lowest BCUT2D eigenvalue weighted by Crippen LogP contribution is -2.31. The molecule has 2 N–H and O–H groups in total. The Kier molecular flexibility index (Phi) is 6.68. The van der Waals surface area contributed by atoms with Crippen LogP contribution in [0.25, 0.3) is 0 Å². The molecule has 0 spiro atoms. The van der Waals surface area contributed by atoms with Gasteiger partial charge in [-0.2, -0.15) is 13.2 Å². The van der Waals surface area contributed by atoms with Crippen LogP contribution in [0.4, 0.5) is 13.2 Å². The molecule has 0 radical (unpaired) electrons. The molecular formula is C16H24F3NO. The van der Waals surface area contributed by atoms with Crippen molar-refractivity contribution in [3.05, 3.63) is 35.4 Å². The summed E-state index contributed by atoms with van der Waals surface area (Å²) in [5.74, 6) is 0.582. The van der Waals surface area contributed by atoms with E-state index in [0.29, 0.717) is 5.92 Å². The first-order valence-electron chi connectivity index (χ1n) is 7.32. The van der Waals surface area contributed by atoms with E-state index in [1.54, 1.807) is 0 Å². The third kappa shape index (κ3) is 6.06. The summed E-state index contributed by atoms with van der Waals surface area (Å²) in [6.45, 7) is 6.54. The van der Waals surface area contributed by atoms with E-state index in [1.165, 1.54) is 12.1 Å². The summed E-state index contributed by atoms with van der Waals surface area (Å²) in [4.78, 5) is 0. The van der Waals surface area contributed by atoms with E-state index in [1.807, 2.05) is 6.92 Å². The Hall–Kier alpha value is -1.07. The average Bonchev–Trinajstić information content (AvgIpc) is 2.43. The summed E-state index contributed by atoms with van der Waals surface area (Å²) in [6, 6.07) is 5.08. The monoisotopic (exact) mass is 303 g/mol. The van der Waals surface area contributed by atoms with E-state index in [0.717, 1.165) is 25.0 Å². The van der Waals surface area contributed by atoms with Gasteiger partial charge in [0.15, 0.2) is 0 Å². The smallest absolute Gasteiger partial charge is 0.387 e. The van der Waals surface area contributed by atoms with Gasteiger partial charge in [0.25, 0.3) is 0 Å². The summed E-state index contributed by atoms with van der Waals surface area (Å²) in [5, 5.41) is 13.2. The van der Waals surface area contributed by atoms with Gasteiger partial charge in [-0.05, 0) is 37.0 Å². The first-order chi connectivity index (χ1) is 9.74. The second-order valence-electron chi connectivity index (χ2n) is 5.70. The second-order valence-corrected chi connectivity index (χ2v) is 5.70. The number of nitrogens with one attached hydrogen (secondary N) is 1. The topological polar surface area (TPSA) is 32.3 Å². The molecule has 1 aromatic rings. The van der Waals surface area contributed by atoms with Crippen LogP contribution in [0.3, 0.4) is 0 Å². The molecule has 1 rings (SSSR count). The summed E-state index contributed by atoms with van der Waals surface area (Å²) >= 11 is 0. The number of halogens is 3. The van der Waals surface area contributed by atoms with E-state index in [9.17, 15) is 18.3 Å². The van der Waals surface area contributed by atoms with Gasteiger partial charge in [-0.1, -0.05) is 32.4 Å². The fourth-order valence-electron chi connectivity index (χ4n) is 2.21. The normalized spacial score (nSPS) is 16.5. The number of aliphatic hydroxyl groups is 1. The maximum atomic E-state index is 12.6. The van der Waals surface area contributed by atoms with Crippen LogP contribution in [-0.4, -0.2) is 17.7 Å². The van der Waals surface area contributed by atoms with Gasteiger partial charge < -0.3 is 10.4 Å². The molecule has 0 amide bonds. The van der Waals surface area contributed by atoms with Crippen molar-refractivity contribution in [1.82, 2.24) is 5.32 Å². The van der Waals surface area contributed by atoms with E-state index in [4.69, 9.17) is 0 Å². The molecular weight excluding hydrogens is 279 g/mol. The SMILES string of the molecule is CCC(C)CC(C)NCC(O)c1cccc(C(F)(F)F)c1. The number of benzene rings is 1. The number of hydrogen-bond acceptors (Lipinski definition) is 2. The Labute approximate surface area is 124 Å². The maximum absolute atomic E-state index is 12.6. The predicted octanol–water partition coefficient (Wildman–Crippen LogP) is 4.15. The van der Waals surface area contributed by atoms with Crippen molar-refractivity contribution in [3.63, 3.8) is 0 Å². The first-order valence-corrected chi connectivity index (χ1v) is 7.32. The van der Waals surface area contributed by atoms with Crippen LogP contribution in [-0.2, 0) is 6.18 Å². The van der Waals surface area contributed by atoms with Gasteiger partial charge in [0.1, 0.15) is 0 Å². The van der Waals surface area contributed by atoms with Gasteiger partial charge >= 0.3 is 6.18 Å². The Morgan fingerprint density at radius 1 is 1.24 bits per heavy atom. The van der Waals surface area contributed by atoms with Crippen molar-refractivity contribution in [3.8, 4) is 0 Å². The number of hydrogen-bond donors (Lipinski definition) is 2. The third-order valence-corrected chi connectivity index (χ3v) is 3.71. The average molecular weight is 303 g/mol. The van der Waals surface area contributed by atoms with Crippen LogP contribution in [0.2, 0.25) is 0 Å². The minimum atomic E-state index is -4.38. The number of rotatable bonds is 7. The van der Waals surface area contributed by atoms with Crippen molar-refractivity contribution < 1.29 is 18.3 Å². The molecule has 120 valence electrons. The Morgan fingerprint density at radius 2 is 1.90 bits per heavy atom. The van der Waals surface area contributed by atoms with Gasteiger partial charge in [-0.25, -0.2) is 0 Å². The molecule has 0 fully saturated rings. The molecule has 0 saturated heterocycles. The number of aliphatic hydroxyl groups excluding tert-OH is 1. The van der Waals surface area contributed by atoms with Crippen molar-refractivity contribution in [1.29, 1.82) is 0 Å². The van der Waals surface area contributed by atoms with Gasteiger partial charge in [-0.15, -0.1) is 0 Å². The molecule has 5 heteroatoms. The highest BCUT2D eigenvalue weighted by Gasteiger charge is 2.30. The second kappa shape index (κ2) is 7.80. The molecule has 0 saturated carbocycles. The fraction of sp³-hybridized carbons (Fsp3) is 0.625. The zero-order chi connectivity index (χ0) is 16.0. The van der Waals surface area contributed by atoms with E-state index in [-0.39, 0.29) is 18.2 Å². The quantitative estimate of drug-likeness (QED) is 0.793. The molecule has 0 aliphatic carbocycles. The largest absolute Gasteiger partial charge is 0.416 e. The van der Waals surface area contributed by atoms with Gasteiger partial charge in [0, 0.05) is 12.6 Å². The minimum absolute atomic E-state index is 0.223. The van der Waals surface area contributed by atoms with Crippen LogP contribution in [0.15, 0.2) is 24.3 Å². The van der Waals surface area contributed by atoms with Crippen LogP contribution >= 0.6 is 0 Å².